The lowest BCUT2D eigenvalue weighted by Crippen LogP contribution is -2.04. The molecule has 0 fully saturated rings. The Balaban J connectivity index is 1.94. The number of aromatic carboxylic acids is 1. The average Bonchev–Trinajstić information content (AvgIpc) is 3.16. The number of hydrogen-bond acceptors (Lipinski definition) is 10. The van der Waals surface area contributed by atoms with E-state index < -0.39 is 15.8 Å². The number of carbonyl (C=O) groups is 1. The number of carboxylic acid groups (broad SMARTS) is 1. The minimum absolute atomic E-state index is 0.0834. The lowest BCUT2D eigenvalue weighted by atomic mass is 10.3. The van der Waals surface area contributed by atoms with Gasteiger partial charge in [-0.05, 0) is 33.6 Å². The highest BCUT2D eigenvalue weighted by atomic mass is 32.2. The van der Waals surface area contributed by atoms with Crippen molar-refractivity contribution in [3.05, 3.63) is 23.2 Å². The second-order valence-electron chi connectivity index (χ2n) is 4.14. The molecule has 0 bridgehead atoms. The molecule has 3 aromatic heterocycles. The standard InChI is InChI=1S/C10H7N5O4S4/c1-23(18,19)6-4-11-10(21-6)22-9-12-13-14-15(9)7-5(8(16)17)2-3-20-7/h2-4H,1H3,(H,16,17). The maximum atomic E-state index is 11.5. The maximum Gasteiger partial charge on any atom is 0.338 e. The minimum Gasteiger partial charge on any atom is -0.478 e. The van der Waals surface area contributed by atoms with Crippen molar-refractivity contribution in [2.24, 2.45) is 0 Å². The number of nitrogens with zero attached hydrogens (tertiary/aromatic N) is 5. The number of aromatic nitrogens is 5. The summed E-state index contributed by atoms with van der Waals surface area (Å²) in [6, 6.07) is 1.46. The first-order valence-electron chi connectivity index (χ1n) is 5.79. The van der Waals surface area contributed by atoms with Gasteiger partial charge >= 0.3 is 5.97 Å². The van der Waals surface area contributed by atoms with E-state index in [4.69, 9.17) is 5.11 Å². The first-order valence-corrected chi connectivity index (χ1v) is 10.2. The fraction of sp³-hybridized carbons (Fsp3) is 0.100. The molecular formula is C10H7N5O4S4. The molecule has 3 heterocycles. The van der Waals surface area contributed by atoms with Crippen molar-refractivity contribution >= 4 is 50.2 Å². The zero-order valence-electron chi connectivity index (χ0n) is 11.3. The van der Waals surface area contributed by atoms with Crippen LogP contribution in [0.25, 0.3) is 5.00 Å². The van der Waals surface area contributed by atoms with Gasteiger partial charge in [-0.25, -0.2) is 18.2 Å². The van der Waals surface area contributed by atoms with Gasteiger partial charge in [0.15, 0.2) is 14.2 Å². The number of tetrazole rings is 1. The third-order valence-corrected chi connectivity index (χ3v) is 7.20. The van der Waals surface area contributed by atoms with E-state index in [1.54, 1.807) is 5.38 Å². The topological polar surface area (TPSA) is 128 Å². The van der Waals surface area contributed by atoms with Crippen LogP contribution < -0.4 is 0 Å². The highest BCUT2D eigenvalue weighted by Crippen LogP contribution is 2.33. The predicted molar refractivity (Wildman–Crippen MR) is 83.3 cm³/mol. The van der Waals surface area contributed by atoms with E-state index in [0.717, 1.165) is 29.4 Å². The van der Waals surface area contributed by atoms with E-state index in [1.165, 1.54) is 28.3 Å². The molecule has 0 aliphatic heterocycles. The molecule has 0 radical (unpaired) electrons. The Kier molecular flexibility index (Phi) is 4.18. The number of carboxylic acids is 1. The molecule has 120 valence electrons. The van der Waals surface area contributed by atoms with Gasteiger partial charge in [0.2, 0.25) is 5.16 Å². The summed E-state index contributed by atoms with van der Waals surface area (Å²) in [5.74, 6) is -1.08. The van der Waals surface area contributed by atoms with Gasteiger partial charge in [0.05, 0.1) is 11.8 Å². The fourth-order valence-electron chi connectivity index (χ4n) is 1.54. The summed E-state index contributed by atoms with van der Waals surface area (Å²) >= 11 is 3.24. The number of sulfone groups is 1. The minimum atomic E-state index is -3.32. The largest absolute Gasteiger partial charge is 0.478 e. The summed E-state index contributed by atoms with van der Waals surface area (Å²) in [4.78, 5) is 15.2. The molecule has 0 saturated carbocycles. The van der Waals surface area contributed by atoms with Gasteiger partial charge in [-0.3, -0.25) is 0 Å². The van der Waals surface area contributed by atoms with E-state index >= 15 is 0 Å². The summed E-state index contributed by atoms with van der Waals surface area (Å²) in [5, 5.41) is 22.6. The molecule has 0 atom stereocenters. The third-order valence-electron chi connectivity index (χ3n) is 2.52. The van der Waals surface area contributed by atoms with Gasteiger partial charge in [-0.1, -0.05) is 11.3 Å². The van der Waals surface area contributed by atoms with E-state index in [0.29, 0.717) is 14.5 Å². The predicted octanol–water partition coefficient (Wildman–Crippen LogP) is 1.43. The first-order chi connectivity index (χ1) is 10.9. The molecular weight excluding hydrogens is 382 g/mol. The molecule has 0 aliphatic rings. The van der Waals surface area contributed by atoms with Crippen LogP contribution in [-0.2, 0) is 9.84 Å². The summed E-state index contributed by atoms with van der Waals surface area (Å²) < 4.78 is 24.8. The van der Waals surface area contributed by atoms with Crippen LogP contribution in [0.3, 0.4) is 0 Å². The van der Waals surface area contributed by atoms with Crippen molar-refractivity contribution in [1.29, 1.82) is 0 Å². The Bertz CT molecular complexity index is 973. The Morgan fingerprint density at radius 2 is 2.22 bits per heavy atom. The zero-order valence-corrected chi connectivity index (χ0v) is 14.5. The number of thiophene rings is 1. The molecule has 0 spiro atoms. The molecule has 13 heteroatoms. The maximum absolute atomic E-state index is 11.5. The summed E-state index contributed by atoms with van der Waals surface area (Å²) in [5.41, 5.74) is 0.0834. The second-order valence-corrected chi connectivity index (χ2v) is 9.52. The summed E-state index contributed by atoms with van der Waals surface area (Å²) in [7, 11) is -3.32. The Hall–Kier alpha value is -1.83. The molecule has 0 unspecified atom stereocenters. The highest BCUT2D eigenvalue weighted by molar-refractivity contribution is 8.01. The van der Waals surface area contributed by atoms with Crippen LogP contribution in [0.5, 0.6) is 0 Å². The molecule has 0 aromatic carbocycles. The molecule has 3 aromatic rings. The molecule has 0 amide bonds. The number of rotatable bonds is 5. The molecule has 1 N–H and O–H groups in total. The molecule has 3 rings (SSSR count). The summed E-state index contributed by atoms with van der Waals surface area (Å²) in [6.07, 6.45) is 2.37. The van der Waals surface area contributed by atoms with E-state index in [-0.39, 0.29) is 9.77 Å². The van der Waals surface area contributed by atoms with Crippen LogP contribution in [0.2, 0.25) is 0 Å². The smallest absolute Gasteiger partial charge is 0.338 e. The molecule has 0 saturated heterocycles. The Labute approximate surface area is 141 Å². The first kappa shape index (κ1) is 16.0. The van der Waals surface area contributed by atoms with E-state index in [1.807, 2.05) is 0 Å². The van der Waals surface area contributed by atoms with Crippen LogP contribution in [0.1, 0.15) is 10.4 Å². The van der Waals surface area contributed by atoms with Crippen LogP contribution in [0.15, 0.2) is 31.3 Å². The monoisotopic (exact) mass is 389 g/mol. The van der Waals surface area contributed by atoms with Crippen molar-refractivity contribution < 1.29 is 18.3 Å². The SMILES string of the molecule is CS(=O)(=O)c1cnc(Sc2nnnn2-c2sccc2C(=O)O)s1. The quantitative estimate of drug-likeness (QED) is 0.689. The Morgan fingerprint density at radius 3 is 2.87 bits per heavy atom. The van der Waals surface area contributed by atoms with Crippen LogP contribution >= 0.6 is 34.4 Å². The van der Waals surface area contributed by atoms with Crippen molar-refractivity contribution in [1.82, 2.24) is 25.2 Å². The number of hydrogen-bond donors (Lipinski definition) is 1. The average molecular weight is 389 g/mol. The summed E-state index contributed by atoms with van der Waals surface area (Å²) in [6.45, 7) is 0. The zero-order chi connectivity index (χ0) is 16.6. The lowest BCUT2D eigenvalue weighted by Gasteiger charge is -2.01. The third kappa shape index (κ3) is 3.26. The number of thiazole rings is 1. The van der Waals surface area contributed by atoms with Crippen molar-refractivity contribution in [3.8, 4) is 5.00 Å². The van der Waals surface area contributed by atoms with Crippen molar-refractivity contribution in [2.45, 2.75) is 13.7 Å². The van der Waals surface area contributed by atoms with Gasteiger partial charge in [0, 0.05) is 6.26 Å². The molecule has 0 aliphatic carbocycles. The van der Waals surface area contributed by atoms with Crippen molar-refractivity contribution in [2.75, 3.05) is 6.26 Å². The lowest BCUT2D eigenvalue weighted by molar-refractivity contribution is 0.0697. The van der Waals surface area contributed by atoms with Gasteiger partial charge < -0.3 is 5.11 Å². The van der Waals surface area contributed by atoms with Gasteiger partial charge in [-0.2, -0.15) is 4.68 Å². The Morgan fingerprint density at radius 1 is 1.43 bits per heavy atom. The fourth-order valence-corrected chi connectivity index (χ4v) is 5.28. The van der Waals surface area contributed by atoms with Crippen LogP contribution in [-0.4, -0.2) is 50.9 Å². The molecule has 9 nitrogen and oxygen atoms in total. The van der Waals surface area contributed by atoms with E-state index in [9.17, 15) is 13.2 Å². The highest BCUT2D eigenvalue weighted by Gasteiger charge is 2.20. The second kappa shape index (κ2) is 5.99. The van der Waals surface area contributed by atoms with Crippen LogP contribution in [0.4, 0.5) is 0 Å². The van der Waals surface area contributed by atoms with Gasteiger partial charge in [0.25, 0.3) is 0 Å². The van der Waals surface area contributed by atoms with Crippen LogP contribution in [0, 0.1) is 0 Å². The molecule has 23 heavy (non-hydrogen) atoms. The van der Waals surface area contributed by atoms with E-state index in [2.05, 4.69) is 20.5 Å². The van der Waals surface area contributed by atoms with Gasteiger partial charge in [-0.15, -0.1) is 16.4 Å². The normalized spacial score (nSPS) is 11.7. The van der Waals surface area contributed by atoms with Crippen molar-refractivity contribution in [3.63, 3.8) is 0 Å². The van der Waals surface area contributed by atoms with Gasteiger partial charge in [0.1, 0.15) is 9.21 Å².